The predicted molar refractivity (Wildman–Crippen MR) is 84.9 cm³/mol. The molecule has 7 nitrogen and oxygen atoms in total. The second-order valence-electron chi connectivity index (χ2n) is 6.04. The molecular formula is C16H23N3O4. The van der Waals surface area contributed by atoms with Crippen LogP contribution in [0.15, 0.2) is 24.3 Å². The van der Waals surface area contributed by atoms with Gasteiger partial charge in [-0.15, -0.1) is 15.0 Å². The topological polar surface area (TPSA) is 78.9 Å². The van der Waals surface area contributed by atoms with Crippen LogP contribution in [0.1, 0.15) is 27.7 Å². The molecule has 0 bridgehead atoms. The molecule has 2 atom stereocenters. The van der Waals surface area contributed by atoms with Gasteiger partial charge in [-0.2, -0.15) is 0 Å². The molecule has 0 saturated carbocycles. The monoisotopic (exact) mass is 321 g/mol. The van der Waals surface area contributed by atoms with E-state index in [2.05, 4.69) is 28.1 Å². The van der Waals surface area contributed by atoms with E-state index in [4.69, 9.17) is 18.9 Å². The van der Waals surface area contributed by atoms with Crippen molar-refractivity contribution in [2.24, 2.45) is 0 Å². The molecule has 2 unspecified atom stereocenters. The van der Waals surface area contributed by atoms with Crippen molar-refractivity contribution in [2.75, 3.05) is 19.8 Å². The summed E-state index contributed by atoms with van der Waals surface area (Å²) >= 11 is 0. The SMILES string of the molecule is C=C(C)COc1nc(OCC(=C)C)nc(OCC2(C)OC2C)n1. The first-order chi connectivity index (χ1) is 10.8. The van der Waals surface area contributed by atoms with Gasteiger partial charge in [-0.1, -0.05) is 13.2 Å². The Morgan fingerprint density at radius 3 is 1.74 bits per heavy atom. The first-order valence-corrected chi connectivity index (χ1v) is 7.39. The Morgan fingerprint density at radius 1 is 1.00 bits per heavy atom. The Labute approximate surface area is 136 Å². The lowest BCUT2D eigenvalue weighted by Gasteiger charge is -2.11. The second-order valence-corrected chi connectivity index (χ2v) is 6.04. The highest BCUT2D eigenvalue weighted by atomic mass is 16.6. The van der Waals surface area contributed by atoms with E-state index in [1.807, 2.05) is 27.7 Å². The van der Waals surface area contributed by atoms with Crippen molar-refractivity contribution >= 4 is 0 Å². The molecule has 0 amide bonds. The third kappa shape index (κ3) is 5.21. The first kappa shape index (κ1) is 17.2. The van der Waals surface area contributed by atoms with Gasteiger partial charge in [0.15, 0.2) is 0 Å². The van der Waals surface area contributed by atoms with Gasteiger partial charge in [0.25, 0.3) is 0 Å². The van der Waals surface area contributed by atoms with Gasteiger partial charge in [-0.05, 0) is 38.8 Å². The van der Waals surface area contributed by atoms with Crippen molar-refractivity contribution in [1.29, 1.82) is 0 Å². The largest absolute Gasteiger partial charge is 0.460 e. The van der Waals surface area contributed by atoms with Crippen molar-refractivity contribution in [3.05, 3.63) is 24.3 Å². The summed E-state index contributed by atoms with van der Waals surface area (Å²) in [6.45, 7) is 16.2. The van der Waals surface area contributed by atoms with E-state index in [0.717, 1.165) is 11.1 Å². The molecule has 23 heavy (non-hydrogen) atoms. The molecule has 0 N–H and O–H groups in total. The maximum atomic E-state index is 5.61. The molecule has 1 aliphatic rings. The molecule has 0 aromatic carbocycles. The Morgan fingerprint density at radius 2 is 1.39 bits per heavy atom. The van der Waals surface area contributed by atoms with Crippen LogP contribution in [0.4, 0.5) is 0 Å². The fraction of sp³-hybridized carbons (Fsp3) is 0.562. The molecule has 7 heteroatoms. The molecule has 1 aromatic heterocycles. The van der Waals surface area contributed by atoms with E-state index < -0.39 is 0 Å². The third-order valence-electron chi connectivity index (χ3n) is 3.21. The molecule has 1 aromatic rings. The Balaban J connectivity index is 2.07. The molecule has 1 fully saturated rings. The lowest BCUT2D eigenvalue weighted by Crippen LogP contribution is -2.21. The number of epoxide rings is 1. The number of rotatable bonds is 9. The lowest BCUT2D eigenvalue weighted by atomic mass is 10.1. The predicted octanol–water partition coefficient (Wildman–Crippen LogP) is 2.34. The van der Waals surface area contributed by atoms with Crippen molar-refractivity contribution in [1.82, 2.24) is 15.0 Å². The van der Waals surface area contributed by atoms with Gasteiger partial charge in [0.2, 0.25) is 0 Å². The van der Waals surface area contributed by atoms with Crippen LogP contribution in [0.2, 0.25) is 0 Å². The minimum atomic E-state index is -0.302. The number of hydrogen-bond donors (Lipinski definition) is 0. The van der Waals surface area contributed by atoms with E-state index in [0.29, 0.717) is 19.8 Å². The highest BCUT2D eigenvalue weighted by Gasteiger charge is 2.49. The van der Waals surface area contributed by atoms with E-state index in [1.165, 1.54) is 0 Å². The Bertz CT molecular complexity index is 569. The first-order valence-electron chi connectivity index (χ1n) is 7.39. The number of nitrogens with zero attached hydrogens (tertiary/aromatic N) is 3. The van der Waals surface area contributed by atoms with Crippen molar-refractivity contribution in [2.45, 2.75) is 39.4 Å². The fourth-order valence-electron chi connectivity index (χ4n) is 1.62. The maximum absolute atomic E-state index is 5.61. The fourth-order valence-corrected chi connectivity index (χ4v) is 1.62. The van der Waals surface area contributed by atoms with Crippen LogP contribution in [0.3, 0.4) is 0 Å². The lowest BCUT2D eigenvalue weighted by molar-refractivity contribution is 0.183. The molecule has 0 aliphatic carbocycles. The van der Waals surface area contributed by atoms with Gasteiger partial charge in [0.05, 0.1) is 6.10 Å². The minimum Gasteiger partial charge on any atom is -0.460 e. The molecule has 2 rings (SSSR count). The zero-order chi connectivity index (χ0) is 17.0. The summed E-state index contributed by atoms with van der Waals surface area (Å²) in [5, 5.41) is 0. The van der Waals surface area contributed by atoms with Crippen LogP contribution >= 0.6 is 0 Å². The van der Waals surface area contributed by atoms with Gasteiger partial charge in [0, 0.05) is 0 Å². The molecule has 0 radical (unpaired) electrons. The van der Waals surface area contributed by atoms with E-state index >= 15 is 0 Å². The molecule has 2 heterocycles. The average molecular weight is 321 g/mol. The number of hydrogen-bond acceptors (Lipinski definition) is 7. The summed E-state index contributed by atoms with van der Waals surface area (Å²) < 4.78 is 22.0. The van der Waals surface area contributed by atoms with Gasteiger partial charge in [-0.25, -0.2) is 0 Å². The average Bonchev–Trinajstić information content (AvgIpc) is 3.08. The zero-order valence-electron chi connectivity index (χ0n) is 14.1. The second kappa shape index (κ2) is 6.95. The third-order valence-corrected chi connectivity index (χ3v) is 3.21. The van der Waals surface area contributed by atoms with Gasteiger partial charge >= 0.3 is 18.0 Å². The van der Waals surface area contributed by atoms with Crippen LogP contribution in [0.5, 0.6) is 18.0 Å². The van der Waals surface area contributed by atoms with Crippen LogP contribution in [0, 0.1) is 0 Å². The standard InChI is InChI=1S/C16H23N3O4/c1-10(2)7-20-13-17-14(21-8-11(3)4)19-15(18-13)22-9-16(6)12(5)23-16/h12H,1,3,7-9H2,2,4-6H3. The summed E-state index contributed by atoms with van der Waals surface area (Å²) in [5.41, 5.74) is 1.40. The zero-order valence-corrected chi connectivity index (χ0v) is 14.1. The molecule has 1 saturated heterocycles. The normalized spacial score (nSPS) is 22.3. The highest BCUT2D eigenvalue weighted by Crippen LogP contribution is 2.35. The molecular weight excluding hydrogens is 298 g/mol. The van der Waals surface area contributed by atoms with Crippen LogP contribution < -0.4 is 14.2 Å². The Hall–Kier alpha value is -2.15. The van der Waals surface area contributed by atoms with Crippen molar-refractivity contribution in [3.63, 3.8) is 0 Å². The summed E-state index contributed by atoms with van der Waals surface area (Å²) in [6.07, 6.45) is 0.155. The van der Waals surface area contributed by atoms with E-state index in [9.17, 15) is 0 Å². The summed E-state index contributed by atoms with van der Waals surface area (Å²) in [5.74, 6) is 0. The van der Waals surface area contributed by atoms with E-state index in [-0.39, 0.29) is 29.7 Å². The van der Waals surface area contributed by atoms with Gasteiger partial charge in [-0.3, -0.25) is 0 Å². The summed E-state index contributed by atoms with van der Waals surface area (Å²) in [6, 6.07) is 0.395. The van der Waals surface area contributed by atoms with Crippen LogP contribution in [-0.2, 0) is 4.74 Å². The minimum absolute atomic E-state index is 0.129. The summed E-state index contributed by atoms with van der Waals surface area (Å²) in [4.78, 5) is 12.3. The number of aromatic nitrogens is 3. The van der Waals surface area contributed by atoms with Gasteiger partial charge in [0.1, 0.15) is 25.4 Å². The Kier molecular flexibility index (Phi) is 5.20. The van der Waals surface area contributed by atoms with Crippen LogP contribution in [-0.4, -0.2) is 46.5 Å². The molecule has 126 valence electrons. The van der Waals surface area contributed by atoms with Crippen LogP contribution in [0.25, 0.3) is 0 Å². The number of ether oxygens (including phenoxy) is 4. The quantitative estimate of drug-likeness (QED) is 0.510. The highest BCUT2D eigenvalue weighted by molar-refractivity contribution is 5.11. The molecule has 1 aliphatic heterocycles. The smallest absolute Gasteiger partial charge is 0.326 e. The van der Waals surface area contributed by atoms with E-state index in [1.54, 1.807) is 0 Å². The maximum Gasteiger partial charge on any atom is 0.326 e. The molecule has 0 spiro atoms. The van der Waals surface area contributed by atoms with Gasteiger partial charge < -0.3 is 18.9 Å². The van der Waals surface area contributed by atoms with Crippen molar-refractivity contribution in [3.8, 4) is 18.0 Å². The van der Waals surface area contributed by atoms with Crippen molar-refractivity contribution < 1.29 is 18.9 Å². The summed E-state index contributed by atoms with van der Waals surface area (Å²) in [7, 11) is 0.